The molecular weight excluding hydrogens is 278 g/mol. The van der Waals surface area contributed by atoms with Gasteiger partial charge in [-0.2, -0.15) is 0 Å². The summed E-state index contributed by atoms with van der Waals surface area (Å²) in [6.07, 6.45) is 2.47. The molecular formula is C17H27N3O2. The van der Waals surface area contributed by atoms with Gasteiger partial charge in [-0.1, -0.05) is 13.0 Å². The number of anilines is 2. The molecule has 1 saturated heterocycles. The van der Waals surface area contributed by atoms with E-state index in [9.17, 15) is 4.79 Å². The summed E-state index contributed by atoms with van der Waals surface area (Å²) in [5, 5.41) is 5.98. The summed E-state index contributed by atoms with van der Waals surface area (Å²) in [6.45, 7) is 6.08. The van der Waals surface area contributed by atoms with Crippen LogP contribution < -0.4 is 15.5 Å². The van der Waals surface area contributed by atoms with Gasteiger partial charge in [0.1, 0.15) is 0 Å². The molecule has 0 aliphatic carbocycles. The molecule has 0 saturated carbocycles. The van der Waals surface area contributed by atoms with Crippen molar-refractivity contribution in [2.24, 2.45) is 5.92 Å². The fraction of sp³-hybridized carbons (Fsp3) is 0.588. The molecule has 1 aliphatic rings. The van der Waals surface area contributed by atoms with E-state index in [2.05, 4.69) is 34.6 Å². The van der Waals surface area contributed by atoms with E-state index in [-0.39, 0.29) is 5.91 Å². The average molecular weight is 305 g/mol. The monoisotopic (exact) mass is 305 g/mol. The van der Waals surface area contributed by atoms with Gasteiger partial charge in [-0.15, -0.1) is 0 Å². The molecule has 2 rings (SSSR count). The molecule has 22 heavy (non-hydrogen) atoms. The largest absolute Gasteiger partial charge is 0.383 e. The third-order valence-corrected chi connectivity index (χ3v) is 4.05. The van der Waals surface area contributed by atoms with Gasteiger partial charge in [0, 0.05) is 38.1 Å². The molecule has 1 fully saturated rings. The fourth-order valence-electron chi connectivity index (χ4n) is 2.63. The van der Waals surface area contributed by atoms with Gasteiger partial charge >= 0.3 is 0 Å². The first kappa shape index (κ1) is 16.8. The minimum absolute atomic E-state index is 0.0273. The first-order valence-electron chi connectivity index (χ1n) is 8.03. The number of amides is 1. The van der Waals surface area contributed by atoms with Crippen LogP contribution in [0, 0.1) is 5.92 Å². The average Bonchev–Trinajstić information content (AvgIpc) is 2.52. The van der Waals surface area contributed by atoms with E-state index in [0.717, 1.165) is 24.7 Å². The highest BCUT2D eigenvalue weighted by molar-refractivity contribution is 5.92. The lowest BCUT2D eigenvalue weighted by molar-refractivity contribution is -0.115. The lowest BCUT2D eigenvalue weighted by Gasteiger charge is -2.32. The SMILES string of the molecule is COCCNCC(=O)Nc1cccc(N2CCC(C)CC2)c1. The third-order valence-electron chi connectivity index (χ3n) is 4.05. The molecule has 1 heterocycles. The number of ether oxygens (including phenoxy) is 1. The maximum Gasteiger partial charge on any atom is 0.238 e. The number of benzene rings is 1. The Kier molecular flexibility index (Phi) is 6.68. The number of rotatable bonds is 7. The lowest BCUT2D eigenvalue weighted by atomic mass is 9.99. The fourth-order valence-corrected chi connectivity index (χ4v) is 2.63. The maximum atomic E-state index is 11.9. The van der Waals surface area contributed by atoms with Crippen molar-refractivity contribution in [2.75, 3.05) is 50.1 Å². The molecule has 0 aromatic heterocycles. The summed E-state index contributed by atoms with van der Waals surface area (Å²) in [5.41, 5.74) is 2.05. The van der Waals surface area contributed by atoms with E-state index in [1.165, 1.54) is 18.5 Å². The second-order valence-corrected chi connectivity index (χ2v) is 5.94. The number of nitrogens with one attached hydrogen (secondary N) is 2. The van der Waals surface area contributed by atoms with Crippen molar-refractivity contribution >= 4 is 17.3 Å². The molecule has 1 amide bonds. The van der Waals surface area contributed by atoms with Crippen molar-refractivity contribution in [2.45, 2.75) is 19.8 Å². The summed E-state index contributed by atoms with van der Waals surface area (Å²) < 4.78 is 4.93. The van der Waals surface area contributed by atoms with E-state index in [4.69, 9.17) is 4.74 Å². The van der Waals surface area contributed by atoms with Crippen molar-refractivity contribution in [1.82, 2.24) is 5.32 Å². The van der Waals surface area contributed by atoms with E-state index in [0.29, 0.717) is 19.7 Å². The van der Waals surface area contributed by atoms with Gasteiger partial charge in [0.2, 0.25) is 5.91 Å². The lowest BCUT2D eigenvalue weighted by Crippen LogP contribution is -2.33. The van der Waals surface area contributed by atoms with Crippen molar-refractivity contribution in [1.29, 1.82) is 0 Å². The third kappa shape index (κ3) is 5.31. The van der Waals surface area contributed by atoms with Crippen molar-refractivity contribution in [3.63, 3.8) is 0 Å². The highest BCUT2D eigenvalue weighted by Crippen LogP contribution is 2.25. The topological polar surface area (TPSA) is 53.6 Å². The van der Waals surface area contributed by atoms with Crippen LogP contribution in [0.1, 0.15) is 19.8 Å². The van der Waals surface area contributed by atoms with Crippen molar-refractivity contribution < 1.29 is 9.53 Å². The molecule has 0 radical (unpaired) electrons. The standard InChI is InChI=1S/C17H27N3O2/c1-14-6-9-20(10-7-14)16-5-3-4-15(12-16)19-17(21)13-18-8-11-22-2/h3-5,12,14,18H,6-11,13H2,1-2H3,(H,19,21). The van der Waals surface area contributed by atoms with Gasteiger partial charge in [-0.25, -0.2) is 0 Å². The number of methoxy groups -OCH3 is 1. The van der Waals surface area contributed by atoms with Gasteiger partial charge in [0.25, 0.3) is 0 Å². The van der Waals surface area contributed by atoms with E-state index in [1.54, 1.807) is 7.11 Å². The van der Waals surface area contributed by atoms with Gasteiger partial charge < -0.3 is 20.3 Å². The Balaban J connectivity index is 1.84. The zero-order valence-electron chi connectivity index (χ0n) is 13.6. The van der Waals surface area contributed by atoms with Gasteiger partial charge in [-0.05, 0) is 37.0 Å². The predicted molar refractivity (Wildman–Crippen MR) is 90.4 cm³/mol. The highest BCUT2D eigenvalue weighted by atomic mass is 16.5. The van der Waals surface area contributed by atoms with Crippen LogP contribution in [0.15, 0.2) is 24.3 Å². The van der Waals surface area contributed by atoms with Gasteiger partial charge in [-0.3, -0.25) is 4.79 Å². The van der Waals surface area contributed by atoms with Crippen LogP contribution in [0.2, 0.25) is 0 Å². The molecule has 0 unspecified atom stereocenters. The second-order valence-electron chi connectivity index (χ2n) is 5.94. The van der Waals surface area contributed by atoms with Crippen LogP contribution >= 0.6 is 0 Å². The molecule has 0 spiro atoms. The second kappa shape index (κ2) is 8.76. The predicted octanol–water partition coefficient (Wildman–Crippen LogP) is 2.10. The van der Waals surface area contributed by atoms with Crippen LogP contribution in [-0.2, 0) is 9.53 Å². The van der Waals surface area contributed by atoms with Crippen LogP contribution in [-0.4, -0.2) is 45.8 Å². The minimum Gasteiger partial charge on any atom is -0.383 e. The van der Waals surface area contributed by atoms with E-state index in [1.807, 2.05) is 12.1 Å². The molecule has 122 valence electrons. The Hall–Kier alpha value is -1.59. The summed E-state index contributed by atoms with van der Waals surface area (Å²) >= 11 is 0. The zero-order chi connectivity index (χ0) is 15.8. The first-order chi connectivity index (χ1) is 10.7. The Morgan fingerprint density at radius 3 is 2.86 bits per heavy atom. The molecule has 0 atom stereocenters. The maximum absolute atomic E-state index is 11.9. The number of nitrogens with zero attached hydrogens (tertiary/aromatic N) is 1. The van der Waals surface area contributed by atoms with E-state index >= 15 is 0 Å². The summed E-state index contributed by atoms with van der Waals surface area (Å²) in [5.74, 6) is 0.790. The van der Waals surface area contributed by atoms with Crippen LogP contribution in [0.5, 0.6) is 0 Å². The molecule has 1 aromatic rings. The van der Waals surface area contributed by atoms with Crippen molar-refractivity contribution in [3.05, 3.63) is 24.3 Å². The molecule has 5 nitrogen and oxygen atoms in total. The molecule has 1 aromatic carbocycles. The number of carbonyl (C=O) groups is 1. The number of carbonyl (C=O) groups excluding carboxylic acids is 1. The van der Waals surface area contributed by atoms with Gasteiger partial charge in [0.05, 0.1) is 13.2 Å². The Labute approximate surface area is 133 Å². The van der Waals surface area contributed by atoms with Gasteiger partial charge in [0.15, 0.2) is 0 Å². The highest BCUT2D eigenvalue weighted by Gasteiger charge is 2.16. The number of hydrogen-bond acceptors (Lipinski definition) is 4. The first-order valence-corrected chi connectivity index (χ1v) is 8.03. The smallest absolute Gasteiger partial charge is 0.238 e. The number of hydrogen-bond donors (Lipinski definition) is 2. The van der Waals surface area contributed by atoms with Crippen LogP contribution in [0.4, 0.5) is 11.4 Å². The van der Waals surface area contributed by atoms with Crippen LogP contribution in [0.3, 0.4) is 0 Å². The summed E-state index contributed by atoms with van der Waals surface area (Å²) in [4.78, 5) is 14.3. The zero-order valence-corrected chi connectivity index (χ0v) is 13.6. The summed E-state index contributed by atoms with van der Waals surface area (Å²) in [7, 11) is 1.65. The summed E-state index contributed by atoms with van der Waals surface area (Å²) in [6, 6.07) is 8.11. The molecule has 2 N–H and O–H groups in total. The molecule has 0 bridgehead atoms. The Morgan fingerprint density at radius 2 is 2.14 bits per heavy atom. The minimum atomic E-state index is -0.0273. The van der Waals surface area contributed by atoms with Crippen LogP contribution in [0.25, 0.3) is 0 Å². The van der Waals surface area contributed by atoms with E-state index < -0.39 is 0 Å². The normalized spacial score (nSPS) is 15.8. The quantitative estimate of drug-likeness (QED) is 0.758. The molecule has 5 heteroatoms. The van der Waals surface area contributed by atoms with Crippen molar-refractivity contribution in [3.8, 4) is 0 Å². The molecule has 1 aliphatic heterocycles. The Morgan fingerprint density at radius 1 is 1.36 bits per heavy atom. The Bertz CT molecular complexity index is 471. The number of piperidine rings is 1.